The third kappa shape index (κ3) is 12.1. The van der Waals surface area contributed by atoms with Crippen molar-refractivity contribution in [3.8, 4) is 0 Å². The standard InChI is InChI=1S/C5H10O.3ClH.V/c1-2-4-6-5-3-1;;;;/h1-5H2;3*1H;/q;;;;+3/p-3. The van der Waals surface area contributed by atoms with E-state index in [4.69, 9.17) is 34.3 Å². The van der Waals surface area contributed by atoms with Crippen LogP contribution in [0.25, 0.3) is 0 Å². The van der Waals surface area contributed by atoms with Crippen molar-refractivity contribution in [1.29, 1.82) is 0 Å². The molecule has 0 aliphatic carbocycles. The van der Waals surface area contributed by atoms with Gasteiger partial charge in [-0.25, -0.2) is 0 Å². The first kappa shape index (κ1) is 11.4. The minimum absolute atomic E-state index is 1.00. The summed E-state index contributed by atoms with van der Waals surface area (Å²) in [7, 11) is 14.9. The Labute approximate surface area is 78.8 Å². The van der Waals surface area contributed by atoms with E-state index in [2.05, 4.69) is 0 Å². The van der Waals surface area contributed by atoms with Crippen molar-refractivity contribution in [1.82, 2.24) is 0 Å². The van der Waals surface area contributed by atoms with Crippen molar-refractivity contribution in [2.24, 2.45) is 0 Å². The summed E-state index contributed by atoms with van der Waals surface area (Å²) in [5.74, 6) is 0. The molecular formula is C5H10Cl3OV. The van der Waals surface area contributed by atoms with Gasteiger partial charge < -0.3 is 4.74 Å². The molecular weight excluding hydrogens is 233 g/mol. The fourth-order valence-corrected chi connectivity index (χ4v) is 0.687. The molecule has 1 aliphatic rings. The molecule has 0 N–H and O–H groups in total. The number of hydrogen-bond acceptors (Lipinski definition) is 1. The molecule has 1 heterocycles. The van der Waals surface area contributed by atoms with E-state index in [1.54, 1.807) is 0 Å². The quantitative estimate of drug-likeness (QED) is 0.634. The van der Waals surface area contributed by atoms with Gasteiger partial charge in [-0.2, -0.15) is 0 Å². The minimum atomic E-state index is -1.77. The first-order valence-corrected chi connectivity index (χ1v) is 8.85. The first-order chi connectivity index (χ1) is 4.73. The summed E-state index contributed by atoms with van der Waals surface area (Å²) in [4.78, 5) is 0. The number of rotatable bonds is 0. The molecule has 0 saturated carbocycles. The molecule has 10 heavy (non-hydrogen) atoms. The summed E-state index contributed by atoms with van der Waals surface area (Å²) >= 11 is -1.77. The number of ether oxygens (including phenoxy) is 1. The molecule has 0 bridgehead atoms. The van der Waals surface area contributed by atoms with Crippen LogP contribution in [0.3, 0.4) is 0 Å². The molecule has 0 aromatic carbocycles. The van der Waals surface area contributed by atoms with Gasteiger partial charge in [-0.3, -0.25) is 0 Å². The summed E-state index contributed by atoms with van der Waals surface area (Å²) in [5, 5.41) is 0. The van der Waals surface area contributed by atoms with Gasteiger partial charge in [-0.15, -0.1) is 0 Å². The summed E-state index contributed by atoms with van der Waals surface area (Å²) in [6.07, 6.45) is 3.93. The van der Waals surface area contributed by atoms with Gasteiger partial charge in [0.25, 0.3) is 0 Å². The van der Waals surface area contributed by atoms with E-state index >= 15 is 0 Å². The molecule has 1 fully saturated rings. The predicted molar refractivity (Wildman–Crippen MR) is 42.2 cm³/mol. The fourth-order valence-electron chi connectivity index (χ4n) is 0.687. The van der Waals surface area contributed by atoms with Gasteiger partial charge in [-0.1, -0.05) is 0 Å². The molecule has 0 spiro atoms. The van der Waals surface area contributed by atoms with Crippen LogP contribution < -0.4 is 0 Å². The average Bonchev–Trinajstić information content (AvgIpc) is 1.90. The molecule has 0 radical (unpaired) electrons. The van der Waals surface area contributed by atoms with Crippen molar-refractivity contribution in [2.75, 3.05) is 13.2 Å². The van der Waals surface area contributed by atoms with E-state index in [-0.39, 0.29) is 0 Å². The number of halogens is 3. The van der Waals surface area contributed by atoms with Crippen LogP contribution in [-0.4, -0.2) is 13.2 Å². The van der Waals surface area contributed by atoms with Crippen molar-refractivity contribution in [3.05, 3.63) is 0 Å². The molecule has 5 heteroatoms. The van der Waals surface area contributed by atoms with Gasteiger partial charge in [0, 0.05) is 13.2 Å². The molecule has 1 aliphatic heterocycles. The Bertz CT molecular complexity index is 53.6. The van der Waals surface area contributed by atoms with Crippen molar-refractivity contribution >= 4 is 29.5 Å². The Morgan fingerprint density at radius 1 is 0.900 bits per heavy atom. The first-order valence-electron chi connectivity index (χ1n) is 3.08. The Kier molecular flexibility index (Phi) is 9.71. The maximum atomic E-state index is 5.07. The zero-order chi connectivity index (χ0) is 7.82. The third-order valence-corrected chi connectivity index (χ3v) is 1.08. The zero-order valence-electron chi connectivity index (χ0n) is 5.52. The van der Waals surface area contributed by atoms with Crippen LogP contribution in [0.15, 0.2) is 0 Å². The van der Waals surface area contributed by atoms with Crippen LogP contribution in [-0.2, 0) is 17.0 Å². The van der Waals surface area contributed by atoms with Crippen LogP contribution in [0.5, 0.6) is 0 Å². The number of hydrogen-bond donors (Lipinski definition) is 0. The topological polar surface area (TPSA) is 9.23 Å². The summed E-state index contributed by atoms with van der Waals surface area (Å²) in [5.41, 5.74) is 0. The molecule has 1 saturated heterocycles. The van der Waals surface area contributed by atoms with E-state index in [9.17, 15) is 0 Å². The molecule has 1 rings (SSSR count). The van der Waals surface area contributed by atoms with Crippen LogP contribution >= 0.6 is 29.5 Å². The third-order valence-electron chi connectivity index (χ3n) is 1.08. The Morgan fingerprint density at radius 2 is 1.30 bits per heavy atom. The molecule has 62 valence electrons. The van der Waals surface area contributed by atoms with Gasteiger partial charge in [-0.05, 0) is 19.3 Å². The molecule has 0 unspecified atom stereocenters. The van der Waals surface area contributed by atoms with Gasteiger partial charge in [0.15, 0.2) is 0 Å². The van der Waals surface area contributed by atoms with Crippen LogP contribution in [0.4, 0.5) is 0 Å². The van der Waals surface area contributed by atoms with Crippen molar-refractivity contribution < 1.29 is 17.0 Å². The van der Waals surface area contributed by atoms with Gasteiger partial charge >= 0.3 is 41.8 Å². The molecule has 1 nitrogen and oxygen atoms in total. The fraction of sp³-hybridized carbons (Fsp3) is 1.00. The Hall–Kier alpha value is 1.41. The molecule has 0 amide bonds. The maximum absolute atomic E-state index is 5.07. The molecule has 0 atom stereocenters. The van der Waals surface area contributed by atoms with Crippen molar-refractivity contribution in [3.63, 3.8) is 0 Å². The second-order valence-electron chi connectivity index (χ2n) is 1.86. The predicted octanol–water partition coefficient (Wildman–Crippen LogP) is 3.25. The van der Waals surface area contributed by atoms with Gasteiger partial charge in [0.2, 0.25) is 0 Å². The molecule has 0 aromatic heterocycles. The van der Waals surface area contributed by atoms with E-state index in [1.165, 1.54) is 19.3 Å². The second-order valence-corrected chi connectivity index (χ2v) is 8.79. The van der Waals surface area contributed by atoms with Gasteiger partial charge in [0.05, 0.1) is 0 Å². The second kappa shape index (κ2) is 8.51. The van der Waals surface area contributed by atoms with Crippen LogP contribution in [0, 0.1) is 0 Å². The normalized spacial score (nSPS) is 18.0. The Morgan fingerprint density at radius 3 is 1.40 bits per heavy atom. The van der Waals surface area contributed by atoms with Crippen LogP contribution in [0.2, 0.25) is 0 Å². The van der Waals surface area contributed by atoms with E-state index in [0.29, 0.717) is 0 Å². The molecule has 0 aromatic rings. The monoisotopic (exact) mass is 242 g/mol. The summed E-state index contributed by atoms with van der Waals surface area (Å²) in [6.45, 7) is 2.00. The Balaban J connectivity index is 0.000000180. The average molecular weight is 243 g/mol. The van der Waals surface area contributed by atoms with Crippen molar-refractivity contribution in [2.45, 2.75) is 19.3 Å². The van der Waals surface area contributed by atoms with E-state index in [0.717, 1.165) is 13.2 Å². The summed E-state index contributed by atoms with van der Waals surface area (Å²) < 4.78 is 5.07. The van der Waals surface area contributed by atoms with Crippen LogP contribution in [0.1, 0.15) is 19.3 Å². The van der Waals surface area contributed by atoms with E-state index in [1.807, 2.05) is 0 Å². The SMILES string of the molecule is C1CCOCC1.[Cl][V]([Cl])[Cl]. The summed E-state index contributed by atoms with van der Waals surface area (Å²) in [6, 6.07) is 0. The van der Waals surface area contributed by atoms with E-state index < -0.39 is 12.3 Å². The van der Waals surface area contributed by atoms with Gasteiger partial charge in [0.1, 0.15) is 0 Å². The zero-order valence-corrected chi connectivity index (χ0v) is 9.19.